The zero-order valence-electron chi connectivity index (χ0n) is 34.5. The van der Waals surface area contributed by atoms with E-state index in [2.05, 4.69) is 103 Å². The summed E-state index contributed by atoms with van der Waals surface area (Å²) in [7, 11) is 0. The second-order valence-electron chi connectivity index (χ2n) is 14.3. The maximum atomic E-state index is 10.1. The molecule has 12 rings (SSSR count). The monoisotopic (exact) mass is 701 g/mol. The fourth-order valence-electron chi connectivity index (χ4n) is 9.06. The van der Waals surface area contributed by atoms with E-state index in [0.29, 0.717) is 38.3 Å². The third kappa shape index (κ3) is 4.41. The van der Waals surface area contributed by atoms with Gasteiger partial charge in [0.25, 0.3) is 0 Å². The molecule has 11 aromatic carbocycles. The van der Waals surface area contributed by atoms with Crippen molar-refractivity contribution in [3.63, 3.8) is 0 Å². The second kappa shape index (κ2) is 11.6. The summed E-state index contributed by atoms with van der Waals surface area (Å²) in [5, 5.41) is 12.1. The molecule has 1 heteroatoms. The van der Waals surface area contributed by atoms with Crippen molar-refractivity contribution in [1.29, 1.82) is 0 Å². The summed E-state index contributed by atoms with van der Waals surface area (Å²) in [6.45, 7) is 0. The summed E-state index contributed by atoms with van der Waals surface area (Å²) in [5.74, 6) is 0. The molecule has 0 atom stereocenters. The van der Waals surface area contributed by atoms with Crippen molar-refractivity contribution in [1.82, 2.24) is 0 Å². The van der Waals surface area contributed by atoms with Crippen LogP contribution in [0.25, 0.3) is 120 Å². The van der Waals surface area contributed by atoms with E-state index in [0.717, 1.165) is 70.9 Å². The predicted octanol–water partition coefficient (Wildman–Crippen LogP) is 15.5. The van der Waals surface area contributed by atoms with Crippen molar-refractivity contribution in [2.24, 2.45) is 0 Å². The minimum absolute atomic E-state index is 0.0785. The second-order valence-corrected chi connectivity index (χ2v) is 14.3. The molecule has 0 aliphatic rings. The first-order valence-electron chi connectivity index (χ1n) is 21.1. The average Bonchev–Trinajstić information content (AvgIpc) is 3.69. The molecule has 0 radical (unpaired) electrons. The Labute approximate surface area is 324 Å². The topological polar surface area (TPSA) is 13.1 Å². The van der Waals surface area contributed by atoms with E-state index in [1.165, 1.54) is 10.8 Å². The van der Waals surface area contributed by atoms with Gasteiger partial charge in [0.2, 0.25) is 0 Å². The summed E-state index contributed by atoms with van der Waals surface area (Å²) >= 11 is 0. The molecular formula is C54H32O. The molecule has 1 nitrogen and oxygen atoms in total. The molecule has 0 saturated heterocycles. The number of hydrogen-bond acceptors (Lipinski definition) is 1. The Kier molecular flexibility index (Phi) is 5.44. The van der Waals surface area contributed by atoms with Gasteiger partial charge in [-0.15, -0.1) is 0 Å². The van der Waals surface area contributed by atoms with Crippen molar-refractivity contribution in [3.8, 4) is 33.4 Å². The van der Waals surface area contributed by atoms with Crippen molar-refractivity contribution >= 4 is 86.6 Å². The van der Waals surface area contributed by atoms with E-state index in [4.69, 9.17) is 7.16 Å². The molecule has 0 aliphatic heterocycles. The minimum Gasteiger partial charge on any atom is -0.455 e. The summed E-state index contributed by atoms with van der Waals surface area (Å²) in [6.07, 6.45) is 0. The molecular weight excluding hydrogens is 665 g/mol. The Morgan fingerprint density at radius 1 is 0.364 bits per heavy atom. The highest BCUT2D eigenvalue weighted by atomic mass is 16.3. The standard InChI is InChI=1S/C54H32O/c1-4-18-37-33(14-1)17-13-27-40(37)48-31-36(30-35-16-3-5-19-38(35)48)51-43-23-9-11-25-45(43)52(46-26-12-10-24-44(46)51)49-32-50-53(42-22-8-7-21-41(42)49)47-29-28-34-15-2-6-20-39(34)54(47)55-50/h1-32H/i7D,8D,21D,22D,32D. The molecule has 0 aliphatic carbocycles. The van der Waals surface area contributed by atoms with Gasteiger partial charge >= 0.3 is 0 Å². The van der Waals surface area contributed by atoms with Gasteiger partial charge < -0.3 is 4.42 Å². The molecule has 0 amide bonds. The van der Waals surface area contributed by atoms with Crippen molar-refractivity contribution in [3.05, 3.63) is 194 Å². The molecule has 254 valence electrons. The minimum atomic E-state index is -0.340. The Bertz CT molecular complexity index is 3780. The van der Waals surface area contributed by atoms with Crippen LogP contribution in [0, 0.1) is 0 Å². The first-order chi connectivity index (χ1) is 29.4. The maximum absolute atomic E-state index is 10.1. The molecule has 0 saturated carbocycles. The lowest BCUT2D eigenvalue weighted by atomic mass is 9.83. The van der Waals surface area contributed by atoms with Gasteiger partial charge in [0.1, 0.15) is 11.2 Å². The van der Waals surface area contributed by atoms with Crippen LogP contribution in [-0.2, 0) is 0 Å². The predicted molar refractivity (Wildman–Crippen MR) is 235 cm³/mol. The van der Waals surface area contributed by atoms with E-state index in [9.17, 15) is 4.11 Å². The van der Waals surface area contributed by atoms with Gasteiger partial charge in [-0.3, -0.25) is 0 Å². The molecule has 0 fully saturated rings. The lowest BCUT2D eigenvalue weighted by molar-refractivity contribution is 0.673. The number of benzene rings is 11. The molecule has 55 heavy (non-hydrogen) atoms. The van der Waals surface area contributed by atoms with Crippen LogP contribution < -0.4 is 0 Å². The first kappa shape index (κ1) is 25.7. The zero-order valence-corrected chi connectivity index (χ0v) is 29.5. The maximum Gasteiger partial charge on any atom is 0.143 e. The summed E-state index contributed by atoms with van der Waals surface area (Å²) < 4.78 is 53.5. The van der Waals surface area contributed by atoms with Crippen LogP contribution in [0.4, 0.5) is 0 Å². The highest BCUT2D eigenvalue weighted by Gasteiger charge is 2.22. The van der Waals surface area contributed by atoms with Gasteiger partial charge in [0, 0.05) is 16.2 Å². The van der Waals surface area contributed by atoms with Crippen LogP contribution in [0.2, 0.25) is 0 Å². The lowest BCUT2D eigenvalue weighted by Gasteiger charge is -2.20. The van der Waals surface area contributed by atoms with E-state index in [1.54, 1.807) is 0 Å². The van der Waals surface area contributed by atoms with Crippen molar-refractivity contribution in [2.45, 2.75) is 0 Å². The number of hydrogen-bond donors (Lipinski definition) is 0. The molecule has 0 bridgehead atoms. The first-order valence-corrected chi connectivity index (χ1v) is 18.6. The number of fused-ring (bicyclic) bond motifs is 11. The van der Waals surface area contributed by atoms with Gasteiger partial charge in [-0.2, -0.15) is 0 Å². The van der Waals surface area contributed by atoms with E-state index >= 15 is 0 Å². The molecule has 1 heterocycles. The van der Waals surface area contributed by atoms with Crippen LogP contribution in [0.3, 0.4) is 0 Å². The Morgan fingerprint density at radius 2 is 0.909 bits per heavy atom. The van der Waals surface area contributed by atoms with Gasteiger partial charge in [-0.05, 0) is 117 Å². The average molecular weight is 702 g/mol. The zero-order chi connectivity index (χ0) is 40.4. The SMILES string of the molecule is [2H]c1c([2H])c([2H])c2c(c1[2H])c(-c1c3ccccc3c(-c3cc(-c4cccc5ccccc45)c4ccccc4c3)c3ccccc13)c([2H])c1oc3c4ccccc4ccc3c12. The van der Waals surface area contributed by atoms with Gasteiger partial charge in [0.15, 0.2) is 0 Å². The fraction of sp³-hybridized carbons (Fsp3) is 0. The van der Waals surface area contributed by atoms with Crippen molar-refractivity contribution < 1.29 is 11.3 Å². The molecule has 12 aromatic rings. The third-order valence-corrected chi connectivity index (χ3v) is 11.4. The molecule has 0 unspecified atom stereocenters. The van der Waals surface area contributed by atoms with Gasteiger partial charge in [0.05, 0.1) is 6.85 Å². The Morgan fingerprint density at radius 3 is 1.62 bits per heavy atom. The summed E-state index contributed by atoms with van der Waals surface area (Å²) in [6, 6.07) is 55.5. The normalized spacial score (nSPS) is 13.3. The van der Waals surface area contributed by atoms with Crippen LogP contribution in [-0.4, -0.2) is 0 Å². The Hall–Kier alpha value is -7.22. The summed E-state index contributed by atoms with van der Waals surface area (Å²) in [4.78, 5) is 0. The fourth-order valence-corrected chi connectivity index (χ4v) is 9.06. The van der Waals surface area contributed by atoms with Crippen molar-refractivity contribution in [2.75, 3.05) is 0 Å². The molecule has 0 spiro atoms. The van der Waals surface area contributed by atoms with Crippen LogP contribution >= 0.6 is 0 Å². The summed E-state index contributed by atoms with van der Waals surface area (Å²) in [5.41, 5.74) is 6.41. The van der Waals surface area contributed by atoms with E-state index < -0.39 is 0 Å². The largest absolute Gasteiger partial charge is 0.455 e. The lowest BCUT2D eigenvalue weighted by Crippen LogP contribution is -1.93. The Balaban J connectivity index is 1.25. The number of rotatable bonds is 3. The van der Waals surface area contributed by atoms with Gasteiger partial charge in [-0.1, -0.05) is 170 Å². The van der Waals surface area contributed by atoms with E-state index in [-0.39, 0.29) is 30.2 Å². The highest BCUT2D eigenvalue weighted by Crippen LogP contribution is 2.49. The smallest absolute Gasteiger partial charge is 0.143 e. The third-order valence-electron chi connectivity index (χ3n) is 11.4. The highest BCUT2D eigenvalue weighted by molar-refractivity contribution is 6.29. The van der Waals surface area contributed by atoms with E-state index in [1.807, 2.05) is 60.7 Å². The van der Waals surface area contributed by atoms with Crippen LogP contribution in [0.1, 0.15) is 6.85 Å². The quantitative estimate of drug-likeness (QED) is 0.167. The van der Waals surface area contributed by atoms with Gasteiger partial charge in [-0.25, -0.2) is 0 Å². The van der Waals surface area contributed by atoms with Crippen LogP contribution in [0.15, 0.2) is 198 Å². The molecule has 1 aromatic heterocycles. The number of furan rings is 1. The van der Waals surface area contributed by atoms with Crippen LogP contribution in [0.5, 0.6) is 0 Å². The molecule has 0 N–H and O–H groups in total.